The molecule has 32 heavy (non-hydrogen) atoms. The Morgan fingerprint density at radius 2 is 1.75 bits per heavy atom. The average molecular weight is 469 g/mol. The Kier molecular flexibility index (Phi) is 6.99. The number of alkyl halides is 3. The maximum absolute atomic E-state index is 13.4. The van der Waals surface area contributed by atoms with Gasteiger partial charge in [-0.15, -0.1) is 12.4 Å². The summed E-state index contributed by atoms with van der Waals surface area (Å²) in [5.41, 5.74) is 5.48. The SMILES string of the molecule is Cl.NC1CCN(c2ncc(NC(=O)c3nc(-c4ccccc4)oc3C(F)(F)F)cn2)CC1. The number of nitrogens with two attached hydrogens (primary N) is 1. The number of carbonyl (C=O) groups excluding carboxylic acids is 1. The minimum Gasteiger partial charge on any atom is -0.431 e. The molecule has 0 aliphatic carbocycles. The van der Waals surface area contributed by atoms with E-state index in [1.165, 1.54) is 24.5 Å². The molecule has 1 aliphatic heterocycles. The number of benzene rings is 1. The molecule has 8 nitrogen and oxygen atoms in total. The fraction of sp³-hybridized carbons (Fsp3) is 0.300. The number of piperidine rings is 1. The summed E-state index contributed by atoms with van der Waals surface area (Å²) in [6, 6.07) is 8.18. The van der Waals surface area contributed by atoms with E-state index < -0.39 is 23.5 Å². The van der Waals surface area contributed by atoms with Crippen LogP contribution in [0.2, 0.25) is 0 Å². The van der Waals surface area contributed by atoms with Crippen LogP contribution in [0, 0.1) is 0 Å². The minimum absolute atomic E-state index is 0. The van der Waals surface area contributed by atoms with Crippen LogP contribution in [0.5, 0.6) is 0 Å². The fourth-order valence-corrected chi connectivity index (χ4v) is 3.21. The number of hydrogen-bond donors (Lipinski definition) is 2. The van der Waals surface area contributed by atoms with Crippen molar-refractivity contribution in [3.8, 4) is 11.5 Å². The van der Waals surface area contributed by atoms with E-state index in [4.69, 9.17) is 10.2 Å². The highest BCUT2D eigenvalue weighted by Gasteiger charge is 2.42. The lowest BCUT2D eigenvalue weighted by molar-refractivity contribution is -0.153. The van der Waals surface area contributed by atoms with Crippen LogP contribution in [0.15, 0.2) is 47.1 Å². The number of rotatable bonds is 4. The van der Waals surface area contributed by atoms with Crippen molar-refractivity contribution in [2.24, 2.45) is 5.73 Å². The molecule has 1 aromatic carbocycles. The normalized spacial score (nSPS) is 14.7. The Morgan fingerprint density at radius 3 is 2.34 bits per heavy atom. The minimum atomic E-state index is -4.89. The van der Waals surface area contributed by atoms with Crippen LogP contribution in [-0.4, -0.2) is 40.0 Å². The molecule has 4 rings (SSSR count). The van der Waals surface area contributed by atoms with Crippen LogP contribution in [0.4, 0.5) is 24.8 Å². The van der Waals surface area contributed by atoms with Crippen molar-refractivity contribution in [2.45, 2.75) is 25.1 Å². The van der Waals surface area contributed by atoms with Crippen molar-refractivity contribution >= 4 is 29.9 Å². The monoisotopic (exact) mass is 468 g/mol. The average Bonchev–Trinajstić information content (AvgIpc) is 3.22. The highest BCUT2D eigenvalue weighted by atomic mass is 35.5. The Balaban J connectivity index is 0.00000289. The number of anilines is 2. The summed E-state index contributed by atoms with van der Waals surface area (Å²) in [4.78, 5) is 26.7. The van der Waals surface area contributed by atoms with Gasteiger partial charge in [-0.05, 0) is 25.0 Å². The van der Waals surface area contributed by atoms with Gasteiger partial charge < -0.3 is 20.4 Å². The molecule has 0 bridgehead atoms. The molecule has 0 radical (unpaired) electrons. The highest BCUT2D eigenvalue weighted by Crippen LogP contribution is 2.35. The zero-order valence-electron chi connectivity index (χ0n) is 16.7. The summed E-state index contributed by atoms with van der Waals surface area (Å²) >= 11 is 0. The maximum Gasteiger partial charge on any atom is 0.452 e. The first-order chi connectivity index (χ1) is 14.8. The van der Waals surface area contributed by atoms with Crippen LogP contribution in [0.3, 0.4) is 0 Å². The number of amides is 1. The summed E-state index contributed by atoms with van der Waals surface area (Å²) in [7, 11) is 0. The second kappa shape index (κ2) is 9.53. The van der Waals surface area contributed by atoms with Crippen LogP contribution < -0.4 is 16.0 Å². The molecule has 0 unspecified atom stereocenters. The second-order valence-corrected chi connectivity index (χ2v) is 7.11. The third kappa shape index (κ3) is 5.17. The number of carbonyl (C=O) groups is 1. The Bertz CT molecular complexity index is 1050. The van der Waals surface area contributed by atoms with Crippen molar-refractivity contribution < 1.29 is 22.4 Å². The molecule has 2 aromatic heterocycles. The predicted molar refractivity (Wildman–Crippen MR) is 114 cm³/mol. The van der Waals surface area contributed by atoms with Gasteiger partial charge in [0.2, 0.25) is 17.6 Å². The first kappa shape index (κ1) is 23.5. The van der Waals surface area contributed by atoms with E-state index in [-0.39, 0.29) is 30.0 Å². The molecule has 3 N–H and O–H groups in total. The molecule has 1 amide bonds. The molecule has 0 saturated carbocycles. The summed E-state index contributed by atoms with van der Waals surface area (Å²) in [5.74, 6) is -2.37. The number of nitrogens with one attached hydrogen (secondary N) is 1. The van der Waals surface area contributed by atoms with Gasteiger partial charge in [0.1, 0.15) is 0 Å². The van der Waals surface area contributed by atoms with E-state index in [1.54, 1.807) is 18.2 Å². The topological polar surface area (TPSA) is 110 Å². The number of nitrogens with zero attached hydrogens (tertiary/aromatic N) is 4. The van der Waals surface area contributed by atoms with Gasteiger partial charge in [0.05, 0.1) is 18.1 Å². The molecule has 3 heterocycles. The summed E-state index contributed by atoms with van der Waals surface area (Å²) in [6.45, 7) is 1.42. The van der Waals surface area contributed by atoms with Crippen LogP contribution in [0.25, 0.3) is 11.5 Å². The van der Waals surface area contributed by atoms with Crippen molar-refractivity contribution in [3.63, 3.8) is 0 Å². The van der Waals surface area contributed by atoms with Gasteiger partial charge in [-0.1, -0.05) is 18.2 Å². The van der Waals surface area contributed by atoms with E-state index in [9.17, 15) is 18.0 Å². The zero-order chi connectivity index (χ0) is 22.0. The first-order valence-electron chi connectivity index (χ1n) is 9.58. The van der Waals surface area contributed by atoms with Gasteiger partial charge in [0.15, 0.2) is 5.69 Å². The smallest absolute Gasteiger partial charge is 0.431 e. The molecule has 1 fully saturated rings. The van der Waals surface area contributed by atoms with Gasteiger partial charge in [-0.3, -0.25) is 4.79 Å². The van der Waals surface area contributed by atoms with E-state index in [1.807, 2.05) is 4.90 Å². The number of aromatic nitrogens is 3. The lowest BCUT2D eigenvalue weighted by Gasteiger charge is -2.30. The first-order valence-corrected chi connectivity index (χ1v) is 9.58. The Hall–Kier alpha value is -3.18. The lowest BCUT2D eigenvalue weighted by Crippen LogP contribution is -2.40. The molecule has 12 heteroatoms. The van der Waals surface area contributed by atoms with Crippen molar-refractivity contribution in [3.05, 3.63) is 54.2 Å². The van der Waals surface area contributed by atoms with Gasteiger partial charge in [0.25, 0.3) is 5.91 Å². The van der Waals surface area contributed by atoms with Crippen molar-refractivity contribution in [2.75, 3.05) is 23.3 Å². The van der Waals surface area contributed by atoms with Crippen molar-refractivity contribution in [1.29, 1.82) is 0 Å². The maximum atomic E-state index is 13.4. The van der Waals surface area contributed by atoms with Crippen LogP contribution in [0.1, 0.15) is 29.1 Å². The zero-order valence-corrected chi connectivity index (χ0v) is 17.5. The molecule has 3 aromatic rings. The van der Waals surface area contributed by atoms with Gasteiger partial charge in [-0.25, -0.2) is 15.0 Å². The molecule has 0 spiro atoms. The van der Waals surface area contributed by atoms with Gasteiger partial charge in [0, 0.05) is 24.7 Å². The second-order valence-electron chi connectivity index (χ2n) is 7.11. The van der Waals surface area contributed by atoms with Crippen LogP contribution in [-0.2, 0) is 6.18 Å². The predicted octanol–water partition coefficient (Wildman–Crippen LogP) is 3.75. The third-order valence-corrected chi connectivity index (χ3v) is 4.84. The van der Waals surface area contributed by atoms with E-state index in [0.717, 1.165) is 12.8 Å². The quantitative estimate of drug-likeness (QED) is 0.600. The molecule has 0 atom stereocenters. The summed E-state index contributed by atoms with van der Waals surface area (Å²) in [6.07, 6.45) is -0.585. The summed E-state index contributed by atoms with van der Waals surface area (Å²) in [5, 5.41) is 2.35. The van der Waals surface area contributed by atoms with Crippen molar-refractivity contribution in [1.82, 2.24) is 15.0 Å². The van der Waals surface area contributed by atoms with E-state index >= 15 is 0 Å². The molecular weight excluding hydrogens is 449 g/mol. The van der Waals surface area contributed by atoms with Gasteiger partial charge >= 0.3 is 6.18 Å². The Morgan fingerprint density at radius 1 is 1.12 bits per heavy atom. The third-order valence-electron chi connectivity index (χ3n) is 4.84. The number of oxazole rings is 1. The number of halogens is 4. The highest BCUT2D eigenvalue weighted by molar-refractivity contribution is 6.03. The van der Waals surface area contributed by atoms with E-state index in [2.05, 4.69) is 20.3 Å². The molecule has 170 valence electrons. The molecule has 1 aliphatic rings. The summed E-state index contributed by atoms with van der Waals surface area (Å²) < 4.78 is 45.1. The van der Waals surface area contributed by atoms with Gasteiger partial charge in [-0.2, -0.15) is 13.2 Å². The van der Waals surface area contributed by atoms with Crippen LogP contribution >= 0.6 is 12.4 Å². The fourth-order valence-electron chi connectivity index (χ4n) is 3.21. The van der Waals surface area contributed by atoms with E-state index in [0.29, 0.717) is 24.6 Å². The number of hydrogen-bond acceptors (Lipinski definition) is 7. The molecular formula is C20H20ClF3N6O2. The Labute approximate surface area is 187 Å². The largest absolute Gasteiger partial charge is 0.452 e. The lowest BCUT2D eigenvalue weighted by atomic mass is 10.1. The molecule has 1 saturated heterocycles. The standard InChI is InChI=1S/C20H19F3N6O2.ClH/c21-20(22,23)16-15(28-18(31-16)12-4-2-1-3-5-12)17(30)27-14-10-25-19(26-11-14)29-8-6-13(24)7-9-29;/h1-5,10-11,13H,6-9,24H2,(H,27,30);1H.